The fourth-order valence-corrected chi connectivity index (χ4v) is 2.19. The van der Waals surface area contributed by atoms with Gasteiger partial charge in [-0.25, -0.2) is 0 Å². The van der Waals surface area contributed by atoms with Crippen LogP contribution in [0.1, 0.15) is 40.0 Å². The SMILES string of the molecule is CCC1C[C@@]1(C)CC(C)NC. The van der Waals surface area contributed by atoms with E-state index in [0.29, 0.717) is 11.5 Å². The van der Waals surface area contributed by atoms with Crippen LogP contribution in [0.2, 0.25) is 0 Å². The molecule has 1 saturated carbocycles. The molecule has 2 unspecified atom stereocenters. The lowest BCUT2D eigenvalue weighted by molar-refractivity contribution is 0.390. The van der Waals surface area contributed by atoms with E-state index in [1.807, 2.05) is 0 Å². The van der Waals surface area contributed by atoms with Crippen LogP contribution in [0.4, 0.5) is 0 Å². The molecule has 1 rings (SSSR count). The van der Waals surface area contributed by atoms with Gasteiger partial charge in [0.15, 0.2) is 0 Å². The molecule has 0 aliphatic heterocycles. The molecule has 66 valence electrons. The molecule has 1 nitrogen and oxygen atoms in total. The van der Waals surface area contributed by atoms with E-state index in [1.54, 1.807) is 0 Å². The van der Waals surface area contributed by atoms with Crippen molar-refractivity contribution in [3.63, 3.8) is 0 Å². The second-order valence-electron chi connectivity index (χ2n) is 4.36. The van der Waals surface area contributed by atoms with Crippen molar-refractivity contribution in [3.05, 3.63) is 0 Å². The van der Waals surface area contributed by atoms with Crippen LogP contribution in [0, 0.1) is 11.3 Å². The Kier molecular flexibility index (Phi) is 2.58. The van der Waals surface area contributed by atoms with Gasteiger partial charge < -0.3 is 5.32 Å². The highest BCUT2D eigenvalue weighted by Gasteiger charge is 2.48. The Hall–Kier alpha value is -0.0400. The van der Waals surface area contributed by atoms with E-state index >= 15 is 0 Å². The van der Waals surface area contributed by atoms with Crippen molar-refractivity contribution >= 4 is 0 Å². The Morgan fingerprint density at radius 2 is 2.27 bits per heavy atom. The lowest BCUT2D eigenvalue weighted by atomic mass is 9.96. The summed E-state index contributed by atoms with van der Waals surface area (Å²) in [4.78, 5) is 0. The van der Waals surface area contributed by atoms with Gasteiger partial charge in [-0.2, -0.15) is 0 Å². The summed E-state index contributed by atoms with van der Waals surface area (Å²) < 4.78 is 0. The predicted octanol–water partition coefficient (Wildman–Crippen LogP) is 2.42. The Labute approximate surface area is 70.6 Å². The molecular weight excluding hydrogens is 134 g/mol. The van der Waals surface area contributed by atoms with Crippen molar-refractivity contribution in [1.82, 2.24) is 5.32 Å². The van der Waals surface area contributed by atoms with Crippen molar-refractivity contribution in [1.29, 1.82) is 0 Å². The van der Waals surface area contributed by atoms with Gasteiger partial charge in [-0.1, -0.05) is 20.3 Å². The molecule has 0 heterocycles. The maximum Gasteiger partial charge on any atom is 0.00410 e. The molecule has 0 aromatic rings. The van der Waals surface area contributed by atoms with Gasteiger partial charge >= 0.3 is 0 Å². The summed E-state index contributed by atoms with van der Waals surface area (Å²) in [5.41, 5.74) is 0.678. The monoisotopic (exact) mass is 155 g/mol. The first kappa shape index (κ1) is 9.05. The Morgan fingerprint density at radius 1 is 1.64 bits per heavy atom. The van der Waals surface area contributed by atoms with Crippen LogP contribution >= 0.6 is 0 Å². The van der Waals surface area contributed by atoms with Crippen molar-refractivity contribution in [2.75, 3.05) is 7.05 Å². The van der Waals surface area contributed by atoms with E-state index in [9.17, 15) is 0 Å². The third-order valence-corrected chi connectivity index (χ3v) is 3.30. The first-order valence-corrected chi connectivity index (χ1v) is 4.79. The maximum absolute atomic E-state index is 3.31. The Bertz CT molecular complexity index is 133. The molecule has 3 atom stereocenters. The first-order valence-electron chi connectivity index (χ1n) is 4.79. The minimum absolute atomic E-state index is 0.678. The van der Waals surface area contributed by atoms with Crippen LogP contribution in [0.3, 0.4) is 0 Å². The summed E-state index contributed by atoms with van der Waals surface area (Å²) >= 11 is 0. The highest BCUT2D eigenvalue weighted by Crippen LogP contribution is 2.56. The molecule has 1 fully saturated rings. The molecule has 0 spiro atoms. The van der Waals surface area contributed by atoms with Crippen LogP contribution in [0.5, 0.6) is 0 Å². The molecule has 1 N–H and O–H groups in total. The van der Waals surface area contributed by atoms with E-state index in [-0.39, 0.29) is 0 Å². The summed E-state index contributed by atoms with van der Waals surface area (Å²) in [7, 11) is 2.05. The highest BCUT2D eigenvalue weighted by molar-refractivity contribution is 4.99. The van der Waals surface area contributed by atoms with Gasteiger partial charge in [0.2, 0.25) is 0 Å². The largest absolute Gasteiger partial charge is 0.317 e. The predicted molar refractivity (Wildman–Crippen MR) is 49.6 cm³/mol. The van der Waals surface area contributed by atoms with Crippen LogP contribution in [0.25, 0.3) is 0 Å². The van der Waals surface area contributed by atoms with Gasteiger partial charge in [-0.3, -0.25) is 0 Å². The van der Waals surface area contributed by atoms with Crippen LogP contribution < -0.4 is 5.32 Å². The van der Waals surface area contributed by atoms with Gasteiger partial charge in [-0.15, -0.1) is 0 Å². The van der Waals surface area contributed by atoms with E-state index < -0.39 is 0 Å². The summed E-state index contributed by atoms with van der Waals surface area (Å²) in [6.45, 7) is 7.01. The van der Waals surface area contributed by atoms with Crippen molar-refractivity contribution < 1.29 is 0 Å². The number of hydrogen-bond donors (Lipinski definition) is 1. The van der Waals surface area contributed by atoms with Crippen LogP contribution in [0.15, 0.2) is 0 Å². The van der Waals surface area contributed by atoms with Gasteiger partial charge in [0.25, 0.3) is 0 Å². The summed E-state index contributed by atoms with van der Waals surface area (Å²) in [5, 5.41) is 3.31. The molecule has 0 aromatic heterocycles. The molecule has 0 amide bonds. The fourth-order valence-electron chi connectivity index (χ4n) is 2.19. The standard InChI is InChI=1S/C10H21N/c1-5-9-7-10(9,3)6-8(2)11-4/h8-9,11H,5-7H2,1-4H3/t8?,9?,10-/m1/s1. The topological polar surface area (TPSA) is 12.0 Å². The summed E-state index contributed by atoms with van der Waals surface area (Å²) in [6, 6.07) is 0.691. The molecule has 0 radical (unpaired) electrons. The molecule has 0 saturated heterocycles. The molecule has 0 aromatic carbocycles. The maximum atomic E-state index is 3.31. The van der Waals surface area contributed by atoms with Crippen molar-refractivity contribution in [3.8, 4) is 0 Å². The third-order valence-electron chi connectivity index (χ3n) is 3.30. The number of rotatable bonds is 4. The minimum Gasteiger partial charge on any atom is -0.317 e. The normalized spacial score (nSPS) is 38.7. The van der Waals surface area contributed by atoms with E-state index in [1.165, 1.54) is 19.3 Å². The second kappa shape index (κ2) is 3.14. The lowest BCUT2D eigenvalue weighted by Gasteiger charge is -2.16. The second-order valence-corrected chi connectivity index (χ2v) is 4.36. The van der Waals surface area contributed by atoms with Gasteiger partial charge in [0.05, 0.1) is 0 Å². The molecule has 11 heavy (non-hydrogen) atoms. The number of hydrogen-bond acceptors (Lipinski definition) is 1. The number of nitrogens with one attached hydrogen (secondary N) is 1. The fraction of sp³-hybridized carbons (Fsp3) is 1.00. The third kappa shape index (κ3) is 1.96. The summed E-state index contributed by atoms with van der Waals surface area (Å²) in [5.74, 6) is 1.01. The molecule has 1 heteroatoms. The van der Waals surface area contributed by atoms with Crippen molar-refractivity contribution in [2.24, 2.45) is 11.3 Å². The minimum atomic E-state index is 0.678. The molecule has 1 aliphatic rings. The quantitative estimate of drug-likeness (QED) is 0.657. The lowest BCUT2D eigenvalue weighted by Crippen LogP contribution is -2.24. The van der Waals surface area contributed by atoms with Gasteiger partial charge in [0.1, 0.15) is 0 Å². The zero-order chi connectivity index (χ0) is 8.48. The summed E-state index contributed by atoms with van der Waals surface area (Å²) in [6.07, 6.45) is 4.17. The zero-order valence-electron chi connectivity index (χ0n) is 8.28. The van der Waals surface area contributed by atoms with Crippen molar-refractivity contribution in [2.45, 2.75) is 46.1 Å². The van der Waals surface area contributed by atoms with Gasteiger partial charge in [-0.05, 0) is 38.1 Å². The highest BCUT2D eigenvalue weighted by atomic mass is 14.9. The van der Waals surface area contributed by atoms with E-state index in [0.717, 1.165) is 5.92 Å². The first-order chi connectivity index (χ1) is 5.12. The molecule has 0 bridgehead atoms. The van der Waals surface area contributed by atoms with E-state index in [2.05, 4.69) is 33.1 Å². The van der Waals surface area contributed by atoms with Gasteiger partial charge in [0, 0.05) is 6.04 Å². The average molecular weight is 155 g/mol. The Balaban J connectivity index is 2.27. The molecule has 1 aliphatic carbocycles. The average Bonchev–Trinajstić information content (AvgIpc) is 2.61. The molecular formula is C10H21N. The Morgan fingerprint density at radius 3 is 2.64 bits per heavy atom. The zero-order valence-corrected chi connectivity index (χ0v) is 8.28. The van der Waals surface area contributed by atoms with E-state index in [4.69, 9.17) is 0 Å². The van der Waals surface area contributed by atoms with Crippen LogP contribution in [-0.4, -0.2) is 13.1 Å². The smallest absolute Gasteiger partial charge is 0.00410 e. The van der Waals surface area contributed by atoms with Crippen LogP contribution in [-0.2, 0) is 0 Å².